The van der Waals surface area contributed by atoms with E-state index < -0.39 is 0 Å². The second kappa shape index (κ2) is 7.43. The van der Waals surface area contributed by atoms with Gasteiger partial charge in [0.2, 0.25) is 5.91 Å². The van der Waals surface area contributed by atoms with Gasteiger partial charge >= 0.3 is 0 Å². The Kier molecular flexibility index (Phi) is 4.52. The van der Waals surface area contributed by atoms with Crippen molar-refractivity contribution in [1.82, 2.24) is 14.9 Å². The molecule has 0 radical (unpaired) electrons. The van der Waals surface area contributed by atoms with Gasteiger partial charge in [-0.15, -0.1) is 0 Å². The number of carbonyl (C=O) groups excluding carboxylic acids is 1. The first-order chi connectivity index (χ1) is 15.6. The molecular formula is C25H29N5O2. The average Bonchev–Trinajstić information content (AvgIpc) is 3.39. The average molecular weight is 432 g/mol. The van der Waals surface area contributed by atoms with Crippen LogP contribution in [0.2, 0.25) is 0 Å². The van der Waals surface area contributed by atoms with Gasteiger partial charge in [-0.3, -0.25) is 4.79 Å². The summed E-state index contributed by atoms with van der Waals surface area (Å²) in [5, 5.41) is 6.45. The molecule has 3 heterocycles. The highest BCUT2D eigenvalue weighted by atomic mass is 16.5. The monoisotopic (exact) mass is 431 g/mol. The second-order valence-electron chi connectivity index (χ2n) is 9.40. The van der Waals surface area contributed by atoms with Crippen molar-refractivity contribution in [3.63, 3.8) is 0 Å². The van der Waals surface area contributed by atoms with Gasteiger partial charge < -0.3 is 24.8 Å². The number of anilines is 2. The predicted molar refractivity (Wildman–Crippen MR) is 126 cm³/mol. The molecule has 2 aliphatic heterocycles. The minimum Gasteiger partial charge on any atom is -0.488 e. The number of fused-ring (bicyclic) bond motifs is 2. The highest BCUT2D eigenvalue weighted by molar-refractivity contribution is 5.89. The smallest absolute Gasteiger partial charge is 0.220 e. The molecule has 1 aliphatic carbocycles. The van der Waals surface area contributed by atoms with E-state index in [0.717, 1.165) is 46.7 Å². The van der Waals surface area contributed by atoms with Crippen LogP contribution in [-0.2, 0) is 4.79 Å². The SMILES string of the molecule is C[C@@H](Oc1cc(-c2ccc3c(c2)NCCN3C)cc2ncn(C3CC3)c12)C1CNC(=O)C1. The second-order valence-corrected chi connectivity index (χ2v) is 9.40. The topological polar surface area (TPSA) is 71.4 Å². The quantitative estimate of drug-likeness (QED) is 0.643. The van der Waals surface area contributed by atoms with Gasteiger partial charge in [0.05, 0.1) is 23.2 Å². The van der Waals surface area contributed by atoms with Crippen molar-refractivity contribution < 1.29 is 9.53 Å². The summed E-state index contributed by atoms with van der Waals surface area (Å²) in [5.41, 5.74) is 6.65. The van der Waals surface area contributed by atoms with Crippen molar-refractivity contribution in [3.8, 4) is 16.9 Å². The highest BCUT2D eigenvalue weighted by Crippen LogP contribution is 2.42. The summed E-state index contributed by atoms with van der Waals surface area (Å²) < 4.78 is 8.82. The van der Waals surface area contributed by atoms with Crippen LogP contribution in [0.4, 0.5) is 11.4 Å². The fourth-order valence-corrected chi connectivity index (χ4v) is 4.94. The summed E-state index contributed by atoms with van der Waals surface area (Å²) in [6.07, 6.45) is 4.79. The Morgan fingerprint density at radius 1 is 1.16 bits per heavy atom. The third-order valence-corrected chi connectivity index (χ3v) is 7.06. The van der Waals surface area contributed by atoms with Crippen LogP contribution < -0.4 is 20.3 Å². The maximum absolute atomic E-state index is 11.7. The molecule has 2 fully saturated rings. The molecular weight excluding hydrogens is 402 g/mol. The number of amides is 1. The van der Waals surface area contributed by atoms with Crippen molar-refractivity contribution in [1.29, 1.82) is 0 Å². The van der Waals surface area contributed by atoms with Crippen LogP contribution in [0.1, 0.15) is 32.2 Å². The highest BCUT2D eigenvalue weighted by Gasteiger charge is 2.30. The van der Waals surface area contributed by atoms with Crippen LogP contribution in [0.25, 0.3) is 22.2 Å². The summed E-state index contributed by atoms with van der Waals surface area (Å²) in [5.74, 6) is 1.15. The molecule has 1 amide bonds. The lowest BCUT2D eigenvalue weighted by Crippen LogP contribution is -2.30. The van der Waals surface area contributed by atoms with Crippen LogP contribution in [0, 0.1) is 5.92 Å². The summed E-state index contributed by atoms with van der Waals surface area (Å²) in [4.78, 5) is 18.7. The van der Waals surface area contributed by atoms with Gasteiger partial charge in [-0.1, -0.05) is 6.07 Å². The van der Waals surface area contributed by atoms with E-state index >= 15 is 0 Å². The lowest BCUT2D eigenvalue weighted by molar-refractivity contribution is -0.119. The Hall–Kier alpha value is -3.22. The minimum atomic E-state index is -0.0613. The Balaban J connectivity index is 1.41. The van der Waals surface area contributed by atoms with Gasteiger partial charge in [0.25, 0.3) is 0 Å². The largest absolute Gasteiger partial charge is 0.488 e. The number of likely N-dealkylation sites (N-methyl/N-ethyl adjacent to an activating group) is 1. The predicted octanol–water partition coefficient (Wildman–Crippen LogP) is 3.80. The zero-order chi connectivity index (χ0) is 21.8. The van der Waals surface area contributed by atoms with E-state index in [0.29, 0.717) is 19.0 Å². The van der Waals surface area contributed by atoms with Crippen molar-refractivity contribution in [2.75, 3.05) is 36.9 Å². The van der Waals surface area contributed by atoms with Crippen molar-refractivity contribution >= 4 is 28.3 Å². The molecule has 7 nitrogen and oxygen atoms in total. The molecule has 2 atom stereocenters. The summed E-state index contributed by atoms with van der Waals surface area (Å²) >= 11 is 0. The number of nitrogens with one attached hydrogen (secondary N) is 2. The zero-order valence-electron chi connectivity index (χ0n) is 18.6. The van der Waals surface area contributed by atoms with E-state index in [4.69, 9.17) is 9.72 Å². The molecule has 6 rings (SSSR count). The fourth-order valence-electron chi connectivity index (χ4n) is 4.94. The molecule has 166 valence electrons. The molecule has 1 saturated heterocycles. The molecule has 0 bridgehead atoms. The van der Waals surface area contributed by atoms with E-state index in [-0.39, 0.29) is 17.9 Å². The van der Waals surface area contributed by atoms with E-state index in [1.165, 1.54) is 18.5 Å². The molecule has 1 aromatic heterocycles. The number of rotatable bonds is 5. The number of ether oxygens (including phenoxy) is 1. The standard InChI is InChI=1S/C25H29N5O2/c1-15(18-12-24(31)27-13-18)32-23-11-17(10-21-25(23)30(14-28-21)19-4-5-19)16-3-6-22-20(9-16)26-7-8-29(22)2/h3,6,9-11,14-15,18-19,26H,4-5,7-8,12-13H2,1-2H3,(H,27,31)/t15-,18?/m1/s1. The van der Waals surface area contributed by atoms with Gasteiger partial charge in [0.15, 0.2) is 0 Å². The van der Waals surface area contributed by atoms with Crippen molar-refractivity contribution in [2.45, 2.75) is 38.3 Å². The van der Waals surface area contributed by atoms with E-state index in [1.54, 1.807) is 0 Å². The maximum atomic E-state index is 11.7. The maximum Gasteiger partial charge on any atom is 0.220 e. The molecule has 3 aromatic rings. The molecule has 0 spiro atoms. The summed E-state index contributed by atoms with van der Waals surface area (Å²) in [6.45, 7) is 4.69. The third-order valence-electron chi connectivity index (χ3n) is 7.06. The van der Waals surface area contributed by atoms with Crippen LogP contribution >= 0.6 is 0 Å². The molecule has 1 saturated carbocycles. The summed E-state index contributed by atoms with van der Waals surface area (Å²) in [6, 6.07) is 11.4. The Morgan fingerprint density at radius 2 is 2.03 bits per heavy atom. The van der Waals surface area contributed by atoms with Crippen LogP contribution in [-0.4, -0.2) is 48.2 Å². The van der Waals surface area contributed by atoms with Crippen LogP contribution in [0.15, 0.2) is 36.7 Å². The normalized spacial score (nSPS) is 21.2. The number of aromatic nitrogens is 2. The lowest BCUT2D eigenvalue weighted by atomic mass is 10.0. The number of hydrogen-bond donors (Lipinski definition) is 2. The van der Waals surface area contributed by atoms with Crippen molar-refractivity contribution in [2.24, 2.45) is 5.92 Å². The number of nitrogens with zero attached hydrogens (tertiary/aromatic N) is 3. The third kappa shape index (κ3) is 3.36. The fraction of sp³-hybridized carbons (Fsp3) is 0.440. The van der Waals surface area contributed by atoms with E-state index in [1.807, 2.05) is 6.33 Å². The van der Waals surface area contributed by atoms with Crippen LogP contribution in [0.5, 0.6) is 5.75 Å². The van der Waals surface area contributed by atoms with Gasteiger partial charge in [0, 0.05) is 45.1 Å². The molecule has 2 aromatic carbocycles. The number of imidazole rings is 1. The van der Waals surface area contributed by atoms with Gasteiger partial charge in [0.1, 0.15) is 17.4 Å². The number of carbonyl (C=O) groups is 1. The van der Waals surface area contributed by atoms with E-state index in [2.05, 4.69) is 64.4 Å². The molecule has 7 heteroatoms. The zero-order valence-corrected chi connectivity index (χ0v) is 18.6. The molecule has 2 N–H and O–H groups in total. The minimum absolute atomic E-state index is 0.0613. The molecule has 3 aliphatic rings. The Bertz CT molecular complexity index is 1200. The van der Waals surface area contributed by atoms with Crippen molar-refractivity contribution in [3.05, 3.63) is 36.7 Å². The summed E-state index contributed by atoms with van der Waals surface area (Å²) in [7, 11) is 2.13. The lowest BCUT2D eigenvalue weighted by Gasteiger charge is -2.29. The van der Waals surface area contributed by atoms with Gasteiger partial charge in [-0.25, -0.2) is 4.98 Å². The van der Waals surface area contributed by atoms with Gasteiger partial charge in [-0.2, -0.15) is 0 Å². The van der Waals surface area contributed by atoms with Crippen LogP contribution in [0.3, 0.4) is 0 Å². The number of hydrogen-bond acceptors (Lipinski definition) is 5. The van der Waals surface area contributed by atoms with E-state index in [9.17, 15) is 4.79 Å². The van der Waals surface area contributed by atoms with Gasteiger partial charge in [-0.05, 0) is 55.2 Å². The molecule has 1 unspecified atom stereocenters. The first-order valence-corrected chi connectivity index (χ1v) is 11.6. The first-order valence-electron chi connectivity index (χ1n) is 11.6. The molecule has 32 heavy (non-hydrogen) atoms. The number of benzene rings is 2. The first kappa shape index (κ1) is 19.5. The Labute approximate surface area is 187 Å². The Morgan fingerprint density at radius 3 is 2.81 bits per heavy atom.